The predicted molar refractivity (Wildman–Crippen MR) is 75.7 cm³/mol. The van der Waals surface area contributed by atoms with E-state index in [0.717, 1.165) is 30.8 Å². The molecule has 1 N–H and O–H groups in total. The Morgan fingerprint density at radius 2 is 2.05 bits per heavy atom. The van der Waals surface area contributed by atoms with Crippen LogP contribution >= 0.6 is 0 Å². The first-order valence-electron chi connectivity index (χ1n) is 7.59. The summed E-state index contributed by atoms with van der Waals surface area (Å²) >= 11 is 0. The van der Waals surface area contributed by atoms with Crippen molar-refractivity contribution in [3.05, 3.63) is 29.8 Å². The molecule has 0 aliphatic carbocycles. The summed E-state index contributed by atoms with van der Waals surface area (Å²) in [5.41, 5.74) is 1.15. The summed E-state index contributed by atoms with van der Waals surface area (Å²) in [6, 6.07) is 9.06. The van der Waals surface area contributed by atoms with Crippen molar-refractivity contribution in [2.75, 3.05) is 13.1 Å². The highest BCUT2D eigenvalue weighted by atomic mass is 16.5. The maximum absolute atomic E-state index is 12.7. The van der Waals surface area contributed by atoms with Crippen LogP contribution in [0.3, 0.4) is 0 Å². The van der Waals surface area contributed by atoms with Gasteiger partial charge in [0, 0.05) is 31.6 Å². The molecule has 0 aromatic heterocycles. The van der Waals surface area contributed by atoms with Crippen LogP contribution in [-0.4, -0.2) is 42.1 Å². The molecule has 2 bridgehead atoms. The molecule has 3 aliphatic heterocycles. The molecule has 3 atom stereocenters. The second kappa shape index (κ2) is 4.77. The molecule has 4 rings (SSSR count). The highest BCUT2D eigenvalue weighted by Crippen LogP contribution is 2.30. The van der Waals surface area contributed by atoms with Gasteiger partial charge in [-0.15, -0.1) is 0 Å². The van der Waals surface area contributed by atoms with Crippen molar-refractivity contribution in [1.82, 2.24) is 10.2 Å². The van der Waals surface area contributed by atoms with Gasteiger partial charge in [-0.2, -0.15) is 0 Å². The molecule has 20 heavy (non-hydrogen) atoms. The molecule has 0 radical (unpaired) electrons. The minimum atomic E-state index is -0.316. The number of para-hydroxylation sites is 1. The second-order valence-electron chi connectivity index (χ2n) is 6.13. The lowest BCUT2D eigenvalue weighted by Gasteiger charge is -2.26. The van der Waals surface area contributed by atoms with E-state index in [9.17, 15) is 4.79 Å². The van der Waals surface area contributed by atoms with Gasteiger partial charge in [-0.3, -0.25) is 4.79 Å². The summed E-state index contributed by atoms with van der Waals surface area (Å²) in [5, 5.41) is 3.61. The second-order valence-corrected chi connectivity index (χ2v) is 6.13. The number of benzene rings is 1. The van der Waals surface area contributed by atoms with Crippen molar-refractivity contribution in [3.8, 4) is 5.75 Å². The molecule has 1 amide bonds. The van der Waals surface area contributed by atoms with Gasteiger partial charge < -0.3 is 15.0 Å². The van der Waals surface area contributed by atoms with Gasteiger partial charge in [-0.25, -0.2) is 0 Å². The van der Waals surface area contributed by atoms with Gasteiger partial charge in [0.2, 0.25) is 0 Å². The van der Waals surface area contributed by atoms with E-state index in [2.05, 4.69) is 11.4 Å². The summed E-state index contributed by atoms with van der Waals surface area (Å²) in [6.07, 6.45) is 3.93. The summed E-state index contributed by atoms with van der Waals surface area (Å²) in [4.78, 5) is 14.7. The van der Waals surface area contributed by atoms with Gasteiger partial charge >= 0.3 is 0 Å². The zero-order chi connectivity index (χ0) is 13.5. The Balaban J connectivity index is 1.46. The third-order valence-electron chi connectivity index (χ3n) is 4.76. The van der Waals surface area contributed by atoms with E-state index in [0.29, 0.717) is 18.5 Å². The van der Waals surface area contributed by atoms with Gasteiger partial charge in [0.05, 0.1) is 0 Å². The molecular weight excluding hydrogens is 252 g/mol. The summed E-state index contributed by atoms with van der Waals surface area (Å²) < 4.78 is 5.83. The first-order valence-corrected chi connectivity index (χ1v) is 7.59. The largest absolute Gasteiger partial charge is 0.480 e. The number of rotatable bonds is 1. The fraction of sp³-hybridized carbons (Fsp3) is 0.562. The maximum Gasteiger partial charge on any atom is 0.264 e. The lowest BCUT2D eigenvalue weighted by molar-refractivity contribution is -0.138. The molecule has 2 fully saturated rings. The molecule has 3 aliphatic rings. The van der Waals surface area contributed by atoms with Crippen molar-refractivity contribution >= 4 is 5.91 Å². The maximum atomic E-state index is 12.7. The topological polar surface area (TPSA) is 41.6 Å². The number of carbonyl (C=O) groups excluding carboxylic acids is 1. The molecule has 0 spiro atoms. The lowest BCUT2D eigenvalue weighted by Crippen LogP contribution is -2.45. The molecule has 3 unspecified atom stereocenters. The van der Waals surface area contributed by atoms with Crippen LogP contribution in [0.25, 0.3) is 0 Å². The fourth-order valence-electron chi connectivity index (χ4n) is 3.67. The molecular formula is C16H20N2O2. The first-order chi connectivity index (χ1) is 9.79. The van der Waals surface area contributed by atoms with Crippen LogP contribution in [0.4, 0.5) is 0 Å². The van der Waals surface area contributed by atoms with Gasteiger partial charge in [-0.1, -0.05) is 18.2 Å². The van der Waals surface area contributed by atoms with Gasteiger partial charge in [0.1, 0.15) is 5.75 Å². The molecule has 106 valence electrons. The standard InChI is InChI=1S/C16H20N2O2/c19-16(15-9-11-3-1-2-4-14(11)20-15)18-8-7-12-5-6-13(10-18)17-12/h1-4,12-13,15,17H,5-10H2. The van der Waals surface area contributed by atoms with Crippen LogP contribution in [0, 0.1) is 0 Å². The summed E-state index contributed by atoms with van der Waals surface area (Å²) in [5.74, 6) is 1.04. The minimum absolute atomic E-state index is 0.163. The van der Waals surface area contributed by atoms with Crippen molar-refractivity contribution in [1.29, 1.82) is 0 Å². The third kappa shape index (κ3) is 2.08. The van der Waals surface area contributed by atoms with E-state index >= 15 is 0 Å². The third-order valence-corrected chi connectivity index (χ3v) is 4.76. The SMILES string of the molecule is O=C(C1Cc2ccccc2O1)N1CCC2CCC(C1)N2. The molecule has 3 heterocycles. The number of nitrogens with one attached hydrogen (secondary N) is 1. The van der Waals surface area contributed by atoms with Crippen molar-refractivity contribution < 1.29 is 9.53 Å². The van der Waals surface area contributed by atoms with Gasteiger partial charge in [0.15, 0.2) is 6.10 Å². The average molecular weight is 272 g/mol. The van der Waals surface area contributed by atoms with Gasteiger partial charge in [-0.05, 0) is 30.9 Å². The van der Waals surface area contributed by atoms with Crippen LogP contribution in [0.5, 0.6) is 5.75 Å². The van der Waals surface area contributed by atoms with Crippen molar-refractivity contribution in [3.63, 3.8) is 0 Å². The Labute approximate surface area is 119 Å². The number of ether oxygens (including phenoxy) is 1. The van der Waals surface area contributed by atoms with E-state index in [1.807, 2.05) is 23.1 Å². The van der Waals surface area contributed by atoms with Crippen molar-refractivity contribution in [2.45, 2.75) is 43.9 Å². The van der Waals surface area contributed by atoms with E-state index in [-0.39, 0.29) is 12.0 Å². The summed E-state index contributed by atoms with van der Waals surface area (Å²) in [7, 11) is 0. The van der Waals surface area contributed by atoms with Crippen molar-refractivity contribution in [2.24, 2.45) is 0 Å². The molecule has 1 aromatic rings. The van der Waals surface area contributed by atoms with Crippen LogP contribution in [0.2, 0.25) is 0 Å². The molecule has 4 nitrogen and oxygen atoms in total. The first kappa shape index (κ1) is 12.2. The Bertz CT molecular complexity index is 506. The Morgan fingerprint density at radius 3 is 2.95 bits per heavy atom. The van der Waals surface area contributed by atoms with Crippen LogP contribution in [0.1, 0.15) is 24.8 Å². The minimum Gasteiger partial charge on any atom is -0.480 e. The summed E-state index contributed by atoms with van der Waals surface area (Å²) in [6.45, 7) is 1.70. The number of hydrogen-bond acceptors (Lipinski definition) is 3. The number of carbonyl (C=O) groups is 1. The van der Waals surface area contributed by atoms with E-state index in [1.165, 1.54) is 12.8 Å². The zero-order valence-electron chi connectivity index (χ0n) is 11.5. The Kier molecular flexibility index (Phi) is 2.91. The van der Waals surface area contributed by atoms with E-state index < -0.39 is 0 Å². The fourth-order valence-corrected chi connectivity index (χ4v) is 3.67. The highest BCUT2D eigenvalue weighted by Gasteiger charge is 2.36. The number of likely N-dealkylation sites (tertiary alicyclic amines) is 1. The molecule has 1 aromatic carbocycles. The number of hydrogen-bond donors (Lipinski definition) is 1. The number of amides is 1. The monoisotopic (exact) mass is 272 g/mol. The highest BCUT2D eigenvalue weighted by molar-refractivity contribution is 5.82. The Hall–Kier alpha value is -1.55. The average Bonchev–Trinajstić information content (AvgIpc) is 3.01. The quantitative estimate of drug-likeness (QED) is 0.839. The van der Waals surface area contributed by atoms with Crippen LogP contribution in [-0.2, 0) is 11.2 Å². The van der Waals surface area contributed by atoms with E-state index in [1.54, 1.807) is 0 Å². The lowest BCUT2D eigenvalue weighted by atomic mass is 10.1. The van der Waals surface area contributed by atoms with Crippen LogP contribution in [0.15, 0.2) is 24.3 Å². The predicted octanol–water partition coefficient (Wildman–Crippen LogP) is 1.34. The van der Waals surface area contributed by atoms with Gasteiger partial charge in [0.25, 0.3) is 5.91 Å². The number of fused-ring (bicyclic) bond motifs is 3. The number of nitrogens with zero attached hydrogens (tertiary/aromatic N) is 1. The van der Waals surface area contributed by atoms with E-state index in [4.69, 9.17) is 4.74 Å². The normalized spacial score (nSPS) is 31.6. The zero-order valence-corrected chi connectivity index (χ0v) is 11.5. The smallest absolute Gasteiger partial charge is 0.264 e. The Morgan fingerprint density at radius 1 is 1.20 bits per heavy atom. The molecule has 0 saturated carbocycles. The molecule has 2 saturated heterocycles. The van der Waals surface area contributed by atoms with Crippen LogP contribution < -0.4 is 10.1 Å². The molecule has 4 heteroatoms.